The number of halogens is 2. The number of carbonyl (C=O) groups excluding carboxylic acids is 2. The highest BCUT2D eigenvalue weighted by molar-refractivity contribution is 6.30. The number of nitrogens with one attached hydrogen (secondary N) is 1. The highest BCUT2D eigenvalue weighted by atomic mass is 35.5. The molecule has 2 aliphatic heterocycles. The second kappa shape index (κ2) is 8.22. The molecule has 0 spiro atoms. The summed E-state index contributed by atoms with van der Waals surface area (Å²) in [7, 11) is 3.66. The summed E-state index contributed by atoms with van der Waals surface area (Å²) in [6.45, 7) is 2.51. The molecule has 2 N–H and O–H groups in total. The van der Waals surface area contributed by atoms with Gasteiger partial charge in [-0.15, -0.1) is 0 Å². The molecule has 1 aromatic carbocycles. The Morgan fingerprint density at radius 2 is 2.06 bits per heavy atom. The molecule has 10 heteroatoms. The van der Waals surface area contributed by atoms with Crippen molar-refractivity contribution in [1.82, 2.24) is 19.7 Å². The lowest BCUT2D eigenvalue weighted by atomic mass is 10.0. The van der Waals surface area contributed by atoms with E-state index in [9.17, 15) is 23.9 Å². The third-order valence-electron chi connectivity index (χ3n) is 6.22. The van der Waals surface area contributed by atoms with Crippen molar-refractivity contribution in [2.75, 3.05) is 27.2 Å². The van der Waals surface area contributed by atoms with Gasteiger partial charge in [-0.1, -0.05) is 23.7 Å². The number of rotatable bonds is 5. The van der Waals surface area contributed by atoms with Gasteiger partial charge in [0.15, 0.2) is 11.4 Å². The van der Waals surface area contributed by atoms with Crippen LogP contribution in [0.3, 0.4) is 0 Å². The molecule has 170 valence electrons. The van der Waals surface area contributed by atoms with Gasteiger partial charge >= 0.3 is 0 Å². The van der Waals surface area contributed by atoms with E-state index >= 15 is 0 Å². The number of amides is 2. The first kappa shape index (κ1) is 22.3. The number of carbonyl (C=O) groups is 2. The first-order chi connectivity index (χ1) is 15.2. The van der Waals surface area contributed by atoms with Crippen molar-refractivity contribution in [1.29, 1.82) is 0 Å². The van der Waals surface area contributed by atoms with Crippen molar-refractivity contribution in [2.24, 2.45) is 0 Å². The highest BCUT2D eigenvalue weighted by Crippen LogP contribution is 2.43. The summed E-state index contributed by atoms with van der Waals surface area (Å²) < 4.78 is 15.9. The monoisotopic (exact) mass is 462 g/mol. The number of likely N-dealkylation sites (N-methyl/N-ethyl adjacent to an activating group) is 1. The van der Waals surface area contributed by atoms with E-state index in [2.05, 4.69) is 5.32 Å². The summed E-state index contributed by atoms with van der Waals surface area (Å²) >= 11 is 5.80. The molecule has 0 bridgehead atoms. The fourth-order valence-electron chi connectivity index (χ4n) is 4.62. The Morgan fingerprint density at radius 1 is 1.34 bits per heavy atom. The molecule has 2 amide bonds. The zero-order valence-corrected chi connectivity index (χ0v) is 18.7. The molecule has 0 saturated carbocycles. The molecular weight excluding hydrogens is 439 g/mol. The zero-order chi connectivity index (χ0) is 23.3. The SMILES string of the molecule is CCN1C[C@@H]2CC(N(C)C)c3c(C(=O)NCc4cccc(Cl)c4F)c(=O)c(O)c(n32)C1=O. The third-order valence-corrected chi connectivity index (χ3v) is 6.52. The Balaban J connectivity index is 1.81. The minimum absolute atomic E-state index is 0.0728. The normalized spacial score (nSPS) is 19.4. The number of aromatic hydroxyl groups is 1. The minimum atomic E-state index is -0.908. The number of nitrogens with zero attached hydrogens (tertiary/aromatic N) is 3. The lowest BCUT2D eigenvalue weighted by Crippen LogP contribution is -2.44. The number of benzene rings is 1. The average Bonchev–Trinajstić information content (AvgIpc) is 3.13. The summed E-state index contributed by atoms with van der Waals surface area (Å²) in [6.07, 6.45) is 0.579. The Kier molecular flexibility index (Phi) is 5.72. The second-order valence-electron chi connectivity index (χ2n) is 8.26. The molecule has 3 heterocycles. The van der Waals surface area contributed by atoms with Crippen LogP contribution in [0.25, 0.3) is 0 Å². The minimum Gasteiger partial charge on any atom is -0.503 e. The van der Waals surface area contributed by atoms with Crippen LogP contribution in [0.4, 0.5) is 4.39 Å². The van der Waals surface area contributed by atoms with Gasteiger partial charge in [0.2, 0.25) is 5.43 Å². The van der Waals surface area contributed by atoms with Gasteiger partial charge in [-0.3, -0.25) is 14.4 Å². The van der Waals surface area contributed by atoms with Crippen molar-refractivity contribution < 1.29 is 19.1 Å². The highest BCUT2D eigenvalue weighted by Gasteiger charge is 2.45. The summed E-state index contributed by atoms with van der Waals surface area (Å²) in [6, 6.07) is 3.96. The maximum absolute atomic E-state index is 14.2. The van der Waals surface area contributed by atoms with E-state index in [1.165, 1.54) is 12.1 Å². The van der Waals surface area contributed by atoms with Crippen LogP contribution in [0, 0.1) is 5.82 Å². The van der Waals surface area contributed by atoms with Crippen LogP contribution in [0.2, 0.25) is 5.02 Å². The molecular formula is C22H24ClFN4O4. The molecule has 8 nitrogen and oxygen atoms in total. The summed E-state index contributed by atoms with van der Waals surface area (Å²) in [5.41, 5.74) is -0.655. The number of pyridine rings is 1. The maximum atomic E-state index is 14.2. The summed E-state index contributed by atoms with van der Waals surface area (Å²) in [4.78, 5) is 42.6. The van der Waals surface area contributed by atoms with Gasteiger partial charge in [0, 0.05) is 25.2 Å². The van der Waals surface area contributed by atoms with Gasteiger partial charge in [0.1, 0.15) is 11.4 Å². The van der Waals surface area contributed by atoms with Crippen LogP contribution < -0.4 is 10.7 Å². The van der Waals surface area contributed by atoms with Crippen molar-refractivity contribution >= 4 is 23.4 Å². The van der Waals surface area contributed by atoms with Gasteiger partial charge in [0.25, 0.3) is 11.8 Å². The zero-order valence-electron chi connectivity index (χ0n) is 18.0. The standard InChI is InChI=1S/C22H24ClFN4O4/c1-4-27-10-12-8-14(26(2)3)17-15(19(29)20(30)18(22(27)32)28(12)17)21(31)25-9-11-6-5-7-13(23)16(11)24/h5-7,12,14,30H,4,8-10H2,1-3H3,(H,25,31)/t12-,14?/m0/s1. The molecule has 0 fully saturated rings. The van der Waals surface area contributed by atoms with Gasteiger partial charge in [0.05, 0.1) is 22.8 Å². The Bertz CT molecular complexity index is 1180. The quantitative estimate of drug-likeness (QED) is 0.711. The first-order valence-corrected chi connectivity index (χ1v) is 10.7. The van der Waals surface area contributed by atoms with E-state index in [0.29, 0.717) is 25.2 Å². The lowest BCUT2D eigenvalue weighted by Gasteiger charge is -2.33. The van der Waals surface area contributed by atoms with Crippen LogP contribution in [-0.4, -0.2) is 58.5 Å². The van der Waals surface area contributed by atoms with E-state index in [0.717, 1.165) is 0 Å². The molecule has 1 unspecified atom stereocenters. The van der Waals surface area contributed by atoms with Gasteiger partial charge in [-0.05, 0) is 33.5 Å². The van der Waals surface area contributed by atoms with Gasteiger partial charge < -0.3 is 24.8 Å². The van der Waals surface area contributed by atoms with Crippen LogP contribution in [0.5, 0.6) is 5.75 Å². The molecule has 0 radical (unpaired) electrons. The van der Waals surface area contributed by atoms with Crippen molar-refractivity contribution in [3.63, 3.8) is 0 Å². The molecule has 1 aromatic heterocycles. The molecule has 32 heavy (non-hydrogen) atoms. The molecule has 2 aliphatic rings. The van der Waals surface area contributed by atoms with Crippen molar-refractivity contribution in [3.8, 4) is 5.75 Å². The predicted octanol–water partition coefficient (Wildman–Crippen LogP) is 2.30. The molecule has 2 atom stereocenters. The largest absolute Gasteiger partial charge is 0.503 e. The topological polar surface area (TPSA) is 94.9 Å². The van der Waals surface area contributed by atoms with Crippen molar-refractivity contribution in [2.45, 2.75) is 32.0 Å². The number of hydrogen-bond acceptors (Lipinski definition) is 5. The number of hydrogen-bond donors (Lipinski definition) is 2. The predicted molar refractivity (Wildman–Crippen MR) is 117 cm³/mol. The Morgan fingerprint density at radius 3 is 2.72 bits per heavy atom. The van der Waals surface area contributed by atoms with E-state index < -0.39 is 28.8 Å². The lowest BCUT2D eigenvalue weighted by molar-refractivity contribution is 0.0673. The fourth-order valence-corrected chi connectivity index (χ4v) is 4.82. The molecule has 0 saturated heterocycles. The molecule has 0 aliphatic carbocycles. The summed E-state index contributed by atoms with van der Waals surface area (Å²) in [5, 5.41) is 13.2. The van der Waals surface area contributed by atoms with Crippen LogP contribution in [-0.2, 0) is 6.54 Å². The van der Waals surface area contributed by atoms with Crippen LogP contribution >= 0.6 is 11.6 Å². The fraction of sp³-hybridized carbons (Fsp3) is 0.409. The van der Waals surface area contributed by atoms with E-state index in [4.69, 9.17) is 11.6 Å². The van der Waals surface area contributed by atoms with Crippen LogP contribution in [0.1, 0.15) is 57.5 Å². The third kappa shape index (κ3) is 3.36. The Labute approximate surface area is 189 Å². The van der Waals surface area contributed by atoms with Gasteiger partial charge in [-0.2, -0.15) is 0 Å². The summed E-state index contributed by atoms with van der Waals surface area (Å²) in [5.74, 6) is -2.57. The smallest absolute Gasteiger partial charge is 0.274 e. The first-order valence-electron chi connectivity index (χ1n) is 10.3. The van der Waals surface area contributed by atoms with Gasteiger partial charge in [-0.25, -0.2) is 4.39 Å². The average molecular weight is 463 g/mol. The van der Waals surface area contributed by atoms with E-state index in [-0.39, 0.29) is 40.5 Å². The van der Waals surface area contributed by atoms with E-state index in [1.807, 2.05) is 25.9 Å². The number of aromatic nitrogens is 1. The molecule has 2 aromatic rings. The van der Waals surface area contributed by atoms with Crippen molar-refractivity contribution in [3.05, 3.63) is 61.8 Å². The van der Waals surface area contributed by atoms with Crippen LogP contribution in [0.15, 0.2) is 23.0 Å². The maximum Gasteiger partial charge on any atom is 0.274 e. The van der Waals surface area contributed by atoms with E-state index in [1.54, 1.807) is 15.5 Å². The molecule has 4 rings (SSSR count). The Hall–Kier alpha value is -2.91. The second-order valence-corrected chi connectivity index (χ2v) is 8.67.